The van der Waals surface area contributed by atoms with Crippen molar-refractivity contribution in [1.29, 1.82) is 0 Å². The van der Waals surface area contributed by atoms with Crippen LogP contribution in [-0.2, 0) is 11.8 Å². The molecule has 2 heteroatoms. The van der Waals surface area contributed by atoms with Crippen LogP contribution in [-0.4, -0.2) is 10.2 Å². The van der Waals surface area contributed by atoms with Crippen LogP contribution in [0.15, 0.2) is 42.5 Å². The van der Waals surface area contributed by atoms with E-state index in [-0.39, 0.29) is 11.2 Å². The topological polar surface area (TPSA) is 40.5 Å². The number of benzene rings is 2. The van der Waals surface area contributed by atoms with Gasteiger partial charge in [-0.2, -0.15) is 0 Å². The van der Waals surface area contributed by atoms with Crippen molar-refractivity contribution in [3.05, 3.63) is 59.2 Å². The van der Waals surface area contributed by atoms with Crippen LogP contribution in [0.5, 0.6) is 11.5 Å². The van der Waals surface area contributed by atoms with Gasteiger partial charge in [0, 0.05) is 5.41 Å². The molecule has 0 aliphatic rings. The molecule has 0 aromatic heterocycles. The lowest BCUT2D eigenvalue weighted by Gasteiger charge is -2.27. The number of hydrogen-bond donors (Lipinski definition) is 2. The SMILES string of the molecule is CCCCc1cc(C(C)(C)c2ccc(O)cc2)ccc1O. The summed E-state index contributed by atoms with van der Waals surface area (Å²) in [4.78, 5) is 0. The second-order valence-corrected chi connectivity index (χ2v) is 6.12. The molecule has 0 aliphatic carbocycles. The summed E-state index contributed by atoms with van der Waals surface area (Å²) in [5.74, 6) is 0.664. The molecular formula is C19H24O2. The summed E-state index contributed by atoms with van der Waals surface area (Å²) in [5.41, 5.74) is 3.17. The van der Waals surface area contributed by atoms with Crippen LogP contribution in [0.1, 0.15) is 50.3 Å². The molecule has 2 nitrogen and oxygen atoms in total. The first-order valence-corrected chi connectivity index (χ1v) is 7.57. The third-order valence-electron chi connectivity index (χ3n) is 4.19. The molecule has 112 valence electrons. The molecule has 0 atom stereocenters. The minimum Gasteiger partial charge on any atom is -0.508 e. The highest BCUT2D eigenvalue weighted by Gasteiger charge is 2.23. The van der Waals surface area contributed by atoms with Gasteiger partial charge in [-0.1, -0.05) is 51.5 Å². The van der Waals surface area contributed by atoms with E-state index < -0.39 is 0 Å². The summed E-state index contributed by atoms with van der Waals surface area (Å²) in [5, 5.41) is 19.4. The third-order valence-corrected chi connectivity index (χ3v) is 4.19. The zero-order valence-electron chi connectivity index (χ0n) is 13.1. The molecular weight excluding hydrogens is 260 g/mol. The summed E-state index contributed by atoms with van der Waals surface area (Å²) in [6.07, 6.45) is 3.10. The molecule has 2 rings (SSSR count). The van der Waals surface area contributed by atoms with E-state index in [0.29, 0.717) is 5.75 Å². The number of aryl methyl sites for hydroxylation is 1. The van der Waals surface area contributed by atoms with Gasteiger partial charge in [0.2, 0.25) is 0 Å². The largest absolute Gasteiger partial charge is 0.508 e. The van der Waals surface area contributed by atoms with Crippen LogP contribution < -0.4 is 0 Å². The van der Waals surface area contributed by atoms with Crippen LogP contribution in [0, 0.1) is 0 Å². The molecule has 0 radical (unpaired) electrons. The molecule has 21 heavy (non-hydrogen) atoms. The van der Waals surface area contributed by atoms with E-state index in [4.69, 9.17) is 0 Å². The molecule has 0 aliphatic heterocycles. The first-order chi connectivity index (χ1) is 9.95. The fraction of sp³-hybridized carbons (Fsp3) is 0.368. The maximum absolute atomic E-state index is 10.0. The average Bonchev–Trinajstić information content (AvgIpc) is 2.46. The van der Waals surface area contributed by atoms with Crippen LogP contribution in [0.2, 0.25) is 0 Å². The number of aromatic hydroxyl groups is 2. The third kappa shape index (κ3) is 3.38. The first-order valence-electron chi connectivity index (χ1n) is 7.57. The van der Waals surface area contributed by atoms with Crippen molar-refractivity contribution in [3.8, 4) is 11.5 Å². The Labute approximate surface area is 127 Å². The van der Waals surface area contributed by atoms with Gasteiger partial charge < -0.3 is 10.2 Å². The van der Waals surface area contributed by atoms with Gasteiger partial charge in [-0.15, -0.1) is 0 Å². The van der Waals surface area contributed by atoms with Gasteiger partial charge in [0.25, 0.3) is 0 Å². The number of unbranched alkanes of at least 4 members (excludes halogenated alkanes) is 1. The van der Waals surface area contributed by atoms with Crippen molar-refractivity contribution in [2.45, 2.75) is 45.4 Å². The standard InChI is InChI=1S/C19H24O2/c1-4-5-6-14-13-16(9-12-18(14)21)19(2,3)15-7-10-17(20)11-8-15/h7-13,20-21H,4-6H2,1-3H3. The monoisotopic (exact) mass is 284 g/mol. The normalized spacial score (nSPS) is 11.6. The molecule has 0 spiro atoms. The first kappa shape index (κ1) is 15.4. The summed E-state index contributed by atoms with van der Waals surface area (Å²) >= 11 is 0. The Morgan fingerprint density at radius 1 is 0.905 bits per heavy atom. The predicted octanol–water partition coefficient (Wildman–Crippen LogP) is 4.77. The molecule has 0 saturated heterocycles. The lowest BCUT2D eigenvalue weighted by Crippen LogP contribution is -2.19. The Kier molecular flexibility index (Phi) is 4.56. The molecule has 2 N–H and O–H groups in total. The predicted molar refractivity (Wildman–Crippen MR) is 87.0 cm³/mol. The van der Waals surface area contributed by atoms with E-state index in [1.165, 1.54) is 5.56 Å². The second-order valence-electron chi connectivity index (χ2n) is 6.12. The maximum atomic E-state index is 10.0. The number of phenols is 2. The van der Waals surface area contributed by atoms with Gasteiger partial charge in [0.05, 0.1) is 0 Å². The van der Waals surface area contributed by atoms with Crippen molar-refractivity contribution in [1.82, 2.24) is 0 Å². The van der Waals surface area contributed by atoms with E-state index in [2.05, 4.69) is 26.8 Å². The van der Waals surface area contributed by atoms with Crippen LogP contribution in [0.25, 0.3) is 0 Å². The lowest BCUT2D eigenvalue weighted by atomic mass is 9.77. The number of rotatable bonds is 5. The zero-order valence-corrected chi connectivity index (χ0v) is 13.1. The smallest absolute Gasteiger partial charge is 0.118 e. The van der Waals surface area contributed by atoms with Gasteiger partial charge >= 0.3 is 0 Å². The average molecular weight is 284 g/mol. The van der Waals surface area contributed by atoms with Gasteiger partial charge in [0.1, 0.15) is 11.5 Å². The Balaban J connectivity index is 2.37. The van der Waals surface area contributed by atoms with Gasteiger partial charge in [-0.25, -0.2) is 0 Å². The van der Waals surface area contributed by atoms with Crippen LogP contribution in [0.4, 0.5) is 0 Å². The lowest BCUT2D eigenvalue weighted by molar-refractivity contribution is 0.465. The van der Waals surface area contributed by atoms with Crippen molar-refractivity contribution in [2.75, 3.05) is 0 Å². The van der Waals surface area contributed by atoms with E-state index in [0.717, 1.165) is 30.4 Å². The van der Waals surface area contributed by atoms with Crippen molar-refractivity contribution in [2.24, 2.45) is 0 Å². The van der Waals surface area contributed by atoms with E-state index in [9.17, 15) is 10.2 Å². The molecule has 0 fully saturated rings. The molecule has 0 heterocycles. The molecule has 2 aromatic carbocycles. The van der Waals surface area contributed by atoms with Crippen molar-refractivity contribution >= 4 is 0 Å². The minimum atomic E-state index is -0.164. The summed E-state index contributed by atoms with van der Waals surface area (Å²) in [6, 6.07) is 13.2. The summed E-state index contributed by atoms with van der Waals surface area (Å²) in [7, 11) is 0. The zero-order chi connectivity index (χ0) is 15.5. The molecule has 0 bridgehead atoms. The van der Waals surface area contributed by atoms with Gasteiger partial charge in [0.15, 0.2) is 0 Å². The highest BCUT2D eigenvalue weighted by atomic mass is 16.3. The number of hydrogen-bond acceptors (Lipinski definition) is 2. The Hall–Kier alpha value is -1.96. The fourth-order valence-corrected chi connectivity index (χ4v) is 2.59. The fourth-order valence-electron chi connectivity index (χ4n) is 2.59. The minimum absolute atomic E-state index is 0.164. The van der Waals surface area contributed by atoms with Crippen molar-refractivity contribution in [3.63, 3.8) is 0 Å². The highest BCUT2D eigenvalue weighted by Crippen LogP contribution is 2.34. The van der Waals surface area contributed by atoms with E-state index in [1.54, 1.807) is 18.2 Å². The Morgan fingerprint density at radius 3 is 2.14 bits per heavy atom. The summed E-state index contributed by atoms with van der Waals surface area (Å²) in [6.45, 7) is 6.48. The van der Waals surface area contributed by atoms with Crippen molar-refractivity contribution < 1.29 is 10.2 Å². The molecule has 0 unspecified atom stereocenters. The molecule has 0 saturated carbocycles. The Morgan fingerprint density at radius 2 is 1.52 bits per heavy atom. The van der Waals surface area contributed by atoms with Crippen LogP contribution >= 0.6 is 0 Å². The maximum Gasteiger partial charge on any atom is 0.118 e. The Bertz CT molecular complexity index is 597. The molecule has 0 amide bonds. The highest BCUT2D eigenvalue weighted by molar-refractivity contribution is 5.44. The van der Waals surface area contributed by atoms with Crippen LogP contribution in [0.3, 0.4) is 0 Å². The van der Waals surface area contributed by atoms with E-state index in [1.807, 2.05) is 18.2 Å². The van der Waals surface area contributed by atoms with Gasteiger partial charge in [-0.05, 0) is 47.7 Å². The second kappa shape index (κ2) is 6.21. The van der Waals surface area contributed by atoms with E-state index >= 15 is 0 Å². The number of phenolic OH excluding ortho intramolecular Hbond substituents is 2. The quantitative estimate of drug-likeness (QED) is 0.830. The summed E-state index contributed by atoms with van der Waals surface area (Å²) < 4.78 is 0. The molecule has 2 aromatic rings. The van der Waals surface area contributed by atoms with Gasteiger partial charge in [-0.3, -0.25) is 0 Å².